The molecule has 1 N–H and O–H groups in total. The molecule has 2 aliphatic rings. The average Bonchev–Trinajstić information content (AvgIpc) is 3.24. The molecule has 3 aromatic carbocycles. The maximum Gasteiger partial charge on any atom is 0.238 e. The van der Waals surface area contributed by atoms with Crippen molar-refractivity contribution in [2.75, 3.05) is 19.6 Å². The molecule has 0 saturated carbocycles. The van der Waals surface area contributed by atoms with E-state index in [1.807, 2.05) is 41.3 Å². The molecule has 194 valence electrons. The maximum absolute atomic E-state index is 14.4. The van der Waals surface area contributed by atoms with Crippen molar-refractivity contribution in [1.29, 1.82) is 0 Å². The molecule has 2 aliphatic heterocycles. The van der Waals surface area contributed by atoms with E-state index in [1.165, 1.54) is 12.1 Å². The van der Waals surface area contributed by atoms with Crippen LogP contribution in [0.4, 0.5) is 4.39 Å². The molecule has 1 amide bonds. The van der Waals surface area contributed by atoms with Crippen LogP contribution in [0.25, 0.3) is 0 Å². The van der Waals surface area contributed by atoms with Crippen LogP contribution in [0.15, 0.2) is 84.9 Å². The lowest BCUT2D eigenvalue weighted by molar-refractivity contribution is -0.133. The van der Waals surface area contributed by atoms with Gasteiger partial charge in [-0.25, -0.2) is 4.39 Å². The van der Waals surface area contributed by atoms with E-state index in [9.17, 15) is 14.3 Å². The summed E-state index contributed by atoms with van der Waals surface area (Å²) in [4.78, 5) is 18.9. The summed E-state index contributed by atoms with van der Waals surface area (Å²) in [6, 6.07) is 26.9. The zero-order valence-electron chi connectivity index (χ0n) is 22.0. The molecular formula is C32H37FN2O2. The molecule has 2 atom stereocenters. The van der Waals surface area contributed by atoms with Gasteiger partial charge in [0.2, 0.25) is 5.91 Å². The average molecular weight is 501 g/mol. The third-order valence-electron chi connectivity index (χ3n) is 8.79. The van der Waals surface area contributed by atoms with Gasteiger partial charge in [0.15, 0.2) is 0 Å². The minimum Gasteiger partial charge on any atom is -0.385 e. The fourth-order valence-corrected chi connectivity index (χ4v) is 6.62. The van der Waals surface area contributed by atoms with Crippen molar-refractivity contribution in [1.82, 2.24) is 9.80 Å². The van der Waals surface area contributed by atoms with E-state index >= 15 is 0 Å². The van der Waals surface area contributed by atoms with Crippen molar-refractivity contribution in [3.63, 3.8) is 0 Å². The molecule has 0 radical (unpaired) electrons. The number of hydrogen-bond donors (Lipinski definition) is 1. The van der Waals surface area contributed by atoms with Gasteiger partial charge in [0.05, 0.1) is 5.60 Å². The first-order chi connectivity index (χ1) is 17.8. The Hall–Kier alpha value is -3.02. The van der Waals surface area contributed by atoms with Gasteiger partial charge < -0.3 is 14.9 Å². The molecule has 0 spiro atoms. The molecule has 5 heteroatoms. The van der Waals surface area contributed by atoms with Crippen LogP contribution in [0.3, 0.4) is 0 Å². The Morgan fingerprint density at radius 1 is 0.811 bits per heavy atom. The van der Waals surface area contributed by atoms with Crippen LogP contribution in [0, 0.1) is 11.7 Å². The van der Waals surface area contributed by atoms with Gasteiger partial charge in [-0.15, -0.1) is 0 Å². The number of amides is 1. The van der Waals surface area contributed by atoms with Crippen molar-refractivity contribution in [3.8, 4) is 0 Å². The van der Waals surface area contributed by atoms with Crippen LogP contribution < -0.4 is 0 Å². The van der Waals surface area contributed by atoms with Crippen LogP contribution in [0.1, 0.15) is 50.3 Å². The summed E-state index contributed by atoms with van der Waals surface area (Å²) in [6.07, 6.45) is 1.14. The van der Waals surface area contributed by atoms with Crippen molar-refractivity contribution in [3.05, 3.63) is 107 Å². The van der Waals surface area contributed by atoms with E-state index < -0.39 is 11.0 Å². The molecule has 2 fully saturated rings. The number of nitrogens with zero attached hydrogens (tertiary/aromatic N) is 2. The number of halogens is 1. The van der Waals surface area contributed by atoms with Crippen LogP contribution in [0.2, 0.25) is 0 Å². The lowest BCUT2D eigenvalue weighted by atomic mass is 9.64. The normalized spacial score (nSPS) is 22.4. The number of piperidine rings is 1. The second kappa shape index (κ2) is 10.0. The highest BCUT2D eigenvalue weighted by Gasteiger charge is 2.59. The first kappa shape index (κ1) is 25.6. The molecule has 0 aromatic heterocycles. The van der Waals surface area contributed by atoms with E-state index in [0.717, 1.165) is 16.7 Å². The molecule has 0 bridgehead atoms. The van der Waals surface area contributed by atoms with Crippen molar-refractivity contribution < 1.29 is 14.3 Å². The van der Waals surface area contributed by atoms with E-state index in [2.05, 4.69) is 49.9 Å². The zero-order chi connectivity index (χ0) is 26.2. The monoisotopic (exact) mass is 500 g/mol. The summed E-state index contributed by atoms with van der Waals surface area (Å²) >= 11 is 0. The number of hydrogen-bond acceptors (Lipinski definition) is 3. The number of aliphatic hydroxyl groups is 1. The number of carbonyl (C=O) groups excluding carboxylic acids is 1. The molecule has 0 aliphatic carbocycles. The Morgan fingerprint density at radius 2 is 1.32 bits per heavy atom. The van der Waals surface area contributed by atoms with Crippen molar-refractivity contribution in [2.45, 2.75) is 56.7 Å². The Balaban J connectivity index is 1.51. The lowest BCUT2D eigenvalue weighted by Gasteiger charge is -2.45. The van der Waals surface area contributed by atoms with E-state index in [0.29, 0.717) is 32.5 Å². The van der Waals surface area contributed by atoms with Gasteiger partial charge in [0, 0.05) is 37.6 Å². The molecule has 37 heavy (non-hydrogen) atoms. The number of likely N-dealkylation sites (tertiary alicyclic amines) is 2. The predicted molar refractivity (Wildman–Crippen MR) is 145 cm³/mol. The third-order valence-corrected chi connectivity index (χ3v) is 8.79. The zero-order valence-corrected chi connectivity index (χ0v) is 22.0. The summed E-state index contributed by atoms with van der Waals surface area (Å²) in [7, 11) is 0. The van der Waals surface area contributed by atoms with Gasteiger partial charge in [-0.05, 0) is 62.4 Å². The van der Waals surface area contributed by atoms with Crippen LogP contribution in [-0.4, -0.2) is 52.5 Å². The van der Waals surface area contributed by atoms with Crippen LogP contribution in [0.5, 0.6) is 0 Å². The second-order valence-electron chi connectivity index (χ2n) is 11.0. The Morgan fingerprint density at radius 3 is 1.81 bits per heavy atom. The highest BCUT2D eigenvalue weighted by atomic mass is 19.1. The Labute approximate surface area is 219 Å². The summed E-state index contributed by atoms with van der Waals surface area (Å²) in [6.45, 7) is 8.53. The molecule has 2 unspecified atom stereocenters. The molecule has 4 nitrogen and oxygen atoms in total. The summed E-state index contributed by atoms with van der Waals surface area (Å²) in [5.41, 5.74) is 1.09. The fourth-order valence-electron chi connectivity index (χ4n) is 6.62. The highest BCUT2D eigenvalue weighted by Crippen LogP contribution is 2.49. The Bertz CT molecular complexity index is 1170. The van der Waals surface area contributed by atoms with E-state index in [4.69, 9.17) is 0 Å². The second-order valence-corrected chi connectivity index (χ2v) is 11.0. The quantitative estimate of drug-likeness (QED) is 0.496. The fraction of sp³-hybridized carbons (Fsp3) is 0.406. The number of rotatable bonds is 6. The molecule has 2 heterocycles. The number of carbonyl (C=O) groups is 1. The molecule has 5 rings (SSSR count). The smallest absolute Gasteiger partial charge is 0.238 e. The minimum absolute atomic E-state index is 0.0317. The van der Waals surface area contributed by atoms with Gasteiger partial charge in [-0.2, -0.15) is 0 Å². The van der Waals surface area contributed by atoms with Gasteiger partial charge in [0.25, 0.3) is 0 Å². The molecular weight excluding hydrogens is 463 g/mol. The van der Waals surface area contributed by atoms with Crippen molar-refractivity contribution in [2.24, 2.45) is 5.92 Å². The van der Waals surface area contributed by atoms with Gasteiger partial charge >= 0.3 is 0 Å². The van der Waals surface area contributed by atoms with Crippen molar-refractivity contribution >= 4 is 5.91 Å². The largest absolute Gasteiger partial charge is 0.385 e. The first-order valence-electron chi connectivity index (χ1n) is 13.4. The lowest BCUT2D eigenvalue weighted by Crippen LogP contribution is -2.53. The molecule has 3 aromatic rings. The predicted octanol–water partition coefficient (Wildman–Crippen LogP) is 5.35. The topological polar surface area (TPSA) is 43.8 Å². The maximum atomic E-state index is 14.4. The van der Waals surface area contributed by atoms with Crippen LogP contribution >= 0.6 is 0 Å². The summed E-state index contributed by atoms with van der Waals surface area (Å²) in [5, 5.41) is 11.4. The third kappa shape index (κ3) is 4.38. The SMILES string of the molecule is CC(C1CN(C(C)C)C(=O)C1(c1ccccc1)c1ccccc1)N1CCC(O)(c2ccc(F)cc2)CC1. The van der Waals surface area contributed by atoms with Crippen LogP contribution in [-0.2, 0) is 15.8 Å². The van der Waals surface area contributed by atoms with Gasteiger partial charge in [0.1, 0.15) is 11.2 Å². The number of benzene rings is 3. The molecule has 2 saturated heterocycles. The van der Waals surface area contributed by atoms with Gasteiger partial charge in [-0.3, -0.25) is 4.79 Å². The highest BCUT2D eigenvalue weighted by molar-refractivity contribution is 5.95. The standard InChI is InChI=1S/C32H37FN2O2/c1-23(2)35-22-29(24(3)34-20-18-31(37,19-21-34)25-14-16-28(33)17-15-25)32(30(35)36,26-10-6-4-7-11-26)27-12-8-5-9-13-27/h4-17,23-24,29,37H,18-22H2,1-3H3. The van der Waals surface area contributed by atoms with E-state index in [1.54, 1.807) is 12.1 Å². The summed E-state index contributed by atoms with van der Waals surface area (Å²) in [5.74, 6) is -0.0991. The van der Waals surface area contributed by atoms with Gasteiger partial charge in [-0.1, -0.05) is 72.8 Å². The minimum atomic E-state index is -0.963. The summed E-state index contributed by atoms with van der Waals surface area (Å²) < 4.78 is 13.5. The first-order valence-corrected chi connectivity index (χ1v) is 13.4. The van der Waals surface area contributed by atoms with E-state index in [-0.39, 0.29) is 29.7 Å². The Kier molecular flexibility index (Phi) is 6.95.